The molecule has 4 heteroatoms. The Morgan fingerprint density at radius 2 is 1.79 bits per heavy atom. The van der Waals surface area contributed by atoms with E-state index < -0.39 is 0 Å². The topological polar surface area (TPSA) is 61.4 Å². The van der Waals surface area contributed by atoms with Gasteiger partial charge in [0.15, 0.2) is 0 Å². The fraction of sp³-hybridized carbons (Fsp3) is 0.533. The number of aliphatic hydroxyl groups excluding tert-OH is 1. The lowest BCUT2D eigenvalue weighted by Crippen LogP contribution is -2.43. The van der Waals surface area contributed by atoms with E-state index in [0.29, 0.717) is 5.92 Å². The summed E-state index contributed by atoms with van der Waals surface area (Å²) in [6, 6.07) is 8.97. The van der Waals surface area contributed by atoms with E-state index in [-0.39, 0.29) is 24.7 Å². The Kier molecular flexibility index (Phi) is 6.36. The second-order valence-electron chi connectivity index (χ2n) is 5.29. The van der Waals surface area contributed by atoms with Gasteiger partial charge in [0.1, 0.15) is 0 Å². The molecule has 0 fully saturated rings. The van der Waals surface area contributed by atoms with Crippen LogP contribution in [0.25, 0.3) is 0 Å². The molecule has 0 bridgehead atoms. The zero-order valence-corrected chi connectivity index (χ0v) is 11.9. The van der Waals surface area contributed by atoms with Gasteiger partial charge in [-0.3, -0.25) is 0 Å². The minimum Gasteiger partial charge on any atom is -0.394 e. The third kappa shape index (κ3) is 5.75. The summed E-state index contributed by atoms with van der Waals surface area (Å²) in [4.78, 5) is 11.8. The molecule has 2 atom stereocenters. The minimum absolute atomic E-state index is 0.115. The lowest BCUT2D eigenvalue weighted by Gasteiger charge is -2.20. The lowest BCUT2D eigenvalue weighted by molar-refractivity contribution is 0.213. The van der Waals surface area contributed by atoms with Crippen molar-refractivity contribution < 1.29 is 9.90 Å². The van der Waals surface area contributed by atoms with Gasteiger partial charge in [0.2, 0.25) is 0 Å². The van der Waals surface area contributed by atoms with Crippen molar-refractivity contribution in [2.24, 2.45) is 5.92 Å². The second-order valence-corrected chi connectivity index (χ2v) is 5.29. The van der Waals surface area contributed by atoms with Crippen LogP contribution in [0.3, 0.4) is 0 Å². The Balaban J connectivity index is 2.50. The molecule has 0 spiro atoms. The van der Waals surface area contributed by atoms with Crippen LogP contribution in [-0.4, -0.2) is 23.8 Å². The monoisotopic (exact) mass is 264 g/mol. The molecular weight excluding hydrogens is 240 g/mol. The van der Waals surface area contributed by atoms with Crippen molar-refractivity contribution in [1.29, 1.82) is 0 Å². The van der Waals surface area contributed by atoms with E-state index in [2.05, 4.69) is 24.5 Å². The van der Waals surface area contributed by atoms with Crippen LogP contribution in [-0.2, 0) is 0 Å². The van der Waals surface area contributed by atoms with Gasteiger partial charge in [-0.15, -0.1) is 0 Å². The molecule has 106 valence electrons. The lowest BCUT2D eigenvalue weighted by atomic mass is 10.1. The Labute approximate surface area is 115 Å². The van der Waals surface area contributed by atoms with Gasteiger partial charge in [-0.05, 0) is 24.8 Å². The number of aliphatic hydroxyl groups is 1. The van der Waals surface area contributed by atoms with Crippen LogP contribution in [0.15, 0.2) is 30.3 Å². The number of hydrogen-bond acceptors (Lipinski definition) is 2. The number of urea groups is 1. The number of hydrogen-bond donors (Lipinski definition) is 3. The molecule has 1 aromatic rings. The normalized spacial score (nSPS) is 13.9. The first kappa shape index (κ1) is 15.5. The summed E-state index contributed by atoms with van der Waals surface area (Å²) in [5.41, 5.74) is 0.900. The van der Waals surface area contributed by atoms with Gasteiger partial charge in [0.05, 0.1) is 12.6 Å². The van der Waals surface area contributed by atoms with E-state index in [0.717, 1.165) is 12.0 Å². The van der Waals surface area contributed by atoms with Crippen LogP contribution >= 0.6 is 0 Å². The smallest absolute Gasteiger partial charge is 0.315 e. The molecule has 0 saturated heterocycles. The maximum absolute atomic E-state index is 11.8. The zero-order chi connectivity index (χ0) is 14.3. The molecule has 0 aliphatic carbocycles. The van der Waals surface area contributed by atoms with Crippen LogP contribution in [0.4, 0.5) is 4.79 Å². The van der Waals surface area contributed by atoms with Crippen LogP contribution in [0.5, 0.6) is 0 Å². The summed E-state index contributed by atoms with van der Waals surface area (Å²) < 4.78 is 0. The van der Waals surface area contributed by atoms with E-state index in [1.165, 1.54) is 0 Å². The first-order chi connectivity index (χ1) is 9.02. The number of benzene rings is 1. The Morgan fingerprint density at radius 3 is 2.32 bits per heavy atom. The molecule has 2 amide bonds. The first-order valence-electron chi connectivity index (χ1n) is 6.75. The molecule has 0 radical (unpaired) electrons. The zero-order valence-electron chi connectivity index (χ0n) is 11.9. The molecule has 2 unspecified atom stereocenters. The summed E-state index contributed by atoms with van der Waals surface area (Å²) in [6.45, 7) is 6.11. The van der Waals surface area contributed by atoms with Crippen molar-refractivity contribution in [1.82, 2.24) is 10.6 Å². The minimum atomic E-state index is -0.368. The van der Waals surface area contributed by atoms with Crippen molar-refractivity contribution in [2.75, 3.05) is 6.61 Å². The maximum atomic E-state index is 11.8. The molecule has 0 aliphatic heterocycles. The van der Waals surface area contributed by atoms with Crippen molar-refractivity contribution in [3.05, 3.63) is 35.9 Å². The summed E-state index contributed by atoms with van der Waals surface area (Å²) in [7, 11) is 0. The molecule has 0 aromatic heterocycles. The van der Waals surface area contributed by atoms with Crippen molar-refractivity contribution in [2.45, 2.75) is 39.3 Å². The van der Waals surface area contributed by atoms with Crippen molar-refractivity contribution >= 4 is 6.03 Å². The van der Waals surface area contributed by atoms with E-state index in [1.807, 2.05) is 37.3 Å². The highest BCUT2D eigenvalue weighted by Crippen LogP contribution is 2.11. The van der Waals surface area contributed by atoms with Gasteiger partial charge in [-0.1, -0.05) is 44.2 Å². The average molecular weight is 264 g/mol. The summed E-state index contributed by atoms with van der Waals surface area (Å²) >= 11 is 0. The van der Waals surface area contributed by atoms with Crippen molar-refractivity contribution in [3.63, 3.8) is 0 Å². The second kappa shape index (κ2) is 7.79. The van der Waals surface area contributed by atoms with Gasteiger partial charge in [-0.2, -0.15) is 0 Å². The van der Waals surface area contributed by atoms with E-state index in [9.17, 15) is 9.90 Å². The van der Waals surface area contributed by atoms with Crippen LogP contribution in [0, 0.1) is 5.92 Å². The molecule has 1 aromatic carbocycles. The summed E-state index contributed by atoms with van der Waals surface area (Å²) in [5, 5.41) is 15.0. The number of carbonyl (C=O) groups is 1. The van der Waals surface area contributed by atoms with Gasteiger partial charge < -0.3 is 15.7 Å². The van der Waals surface area contributed by atoms with Gasteiger partial charge in [0.25, 0.3) is 0 Å². The highest BCUT2D eigenvalue weighted by Gasteiger charge is 2.15. The fourth-order valence-electron chi connectivity index (χ4n) is 2.11. The molecule has 4 nitrogen and oxygen atoms in total. The molecular formula is C15H24N2O2. The SMILES string of the molecule is CC(C)CC(C)NC(=O)NC(CO)c1ccccc1. The highest BCUT2D eigenvalue weighted by atomic mass is 16.3. The quantitative estimate of drug-likeness (QED) is 0.739. The predicted molar refractivity (Wildman–Crippen MR) is 76.9 cm³/mol. The van der Waals surface area contributed by atoms with E-state index >= 15 is 0 Å². The molecule has 3 N–H and O–H groups in total. The van der Waals surface area contributed by atoms with Gasteiger partial charge in [-0.25, -0.2) is 4.79 Å². The average Bonchev–Trinajstić information content (AvgIpc) is 2.35. The van der Waals surface area contributed by atoms with Gasteiger partial charge in [0, 0.05) is 6.04 Å². The van der Waals surface area contributed by atoms with E-state index in [1.54, 1.807) is 0 Å². The maximum Gasteiger partial charge on any atom is 0.315 e. The highest BCUT2D eigenvalue weighted by molar-refractivity contribution is 5.74. The van der Waals surface area contributed by atoms with Gasteiger partial charge >= 0.3 is 6.03 Å². The van der Waals surface area contributed by atoms with E-state index in [4.69, 9.17) is 0 Å². The Bertz CT molecular complexity index is 379. The van der Waals surface area contributed by atoms with Crippen LogP contribution in [0.1, 0.15) is 38.8 Å². The third-order valence-corrected chi connectivity index (χ3v) is 2.89. The molecule has 19 heavy (non-hydrogen) atoms. The molecule has 0 aliphatic rings. The van der Waals surface area contributed by atoms with Crippen LogP contribution in [0.2, 0.25) is 0 Å². The largest absolute Gasteiger partial charge is 0.394 e. The summed E-state index contributed by atoms with van der Waals surface area (Å²) in [5.74, 6) is 0.540. The molecule has 0 saturated carbocycles. The third-order valence-electron chi connectivity index (χ3n) is 2.89. The number of rotatable bonds is 6. The standard InChI is InChI=1S/C15H24N2O2/c1-11(2)9-12(3)16-15(19)17-14(10-18)13-7-5-4-6-8-13/h4-8,11-12,14,18H,9-10H2,1-3H3,(H2,16,17,19). The number of nitrogens with one attached hydrogen (secondary N) is 2. The number of carbonyl (C=O) groups excluding carboxylic acids is 1. The fourth-order valence-corrected chi connectivity index (χ4v) is 2.11. The van der Waals surface area contributed by atoms with Crippen molar-refractivity contribution in [3.8, 4) is 0 Å². The first-order valence-corrected chi connectivity index (χ1v) is 6.75. The summed E-state index contributed by atoms with van der Waals surface area (Å²) in [6.07, 6.45) is 0.933. The Hall–Kier alpha value is -1.55. The Morgan fingerprint density at radius 1 is 1.16 bits per heavy atom. The molecule has 0 heterocycles. The van der Waals surface area contributed by atoms with Crippen LogP contribution < -0.4 is 10.6 Å². The predicted octanol–water partition coefficient (Wildman–Crippen LogP) is 2.45. The molecule has 1 rings (SSSR count). The number of amides is 2.